The first kappa shape index (κ1) is 12.9. The highest BCUT2D eigenvalue weighted by molar-refractivity contribution is 5.85. The van der Waals surface area contributed by atoms with Crippen molar-refractivity contribution in [2.45, 2.75) is 6.92 Å². The third-order valence-electron chi connectivity index (χ3n) is 1.22. The Hall–Kier alpha value is -2.10. The fourth-order valence-electron chi connectivity index (χ4n) is 0.732. The van der Waals surface area contributed by atoms with Crippen LogP contribution < -0.4 is 0 Å². The first-order valence-corrected chi connectivity index (χ1v) is 4.18. The lowest BCUT2D eigenvalue weighted by atomic mass is 10.2. The van der Waals surface area contributed by atoms with Gasteiger partial charge < -0.3 is 10.2 Å². The number of carbonyl (C=O) groups is 2. The third-order valence-corrected chi connectivity index (χ3v) is 1.22. The molecule has 0 atom stereocenters. The van der Waals surface area contributed by atoms with Crippen molar-refractivity contribution in [3.63, 3.8) is 0 Å². The van der Waals surface area contributed by atoms with E-state index >= 15 is 0 Å². The molecule has 0 bridgehead atoms. The number of benzene rings is 1. The first-order valence-electron chi connectivity index (χ1n) is 4.18. The Bertz CT molecular complexity index is 337. The molecule has 0 spiro atoms. The maximum absolute atomic E-state index is 10.1. The molecule has 80 valence electrons. The smallest absolute Gasteiger partial charge is 0.328 e. The van der Waals surface area contributed by atoms with E-state index in [1.54, 1.807) is 6.08 Å². The number of rotatable bonds is 2. The number of carboxylic acids is 2. The summed E-state index contributed by atoms with van der Waals surface area (Å²) in [6.45, 7) is 1.08. The van der Waals surface area contributed by atoms with Gasteiger partial charge in [0.1, 0.15) is 0 Å². The van der Waals surface area contributed by atoms with Crippen LogP contribution in [-0.4, -0.2) is 22.2 Å². The maximum atomic E-state index is 10.1. The summed E-state index contributed by atoms with van der Waals surface area (Å²) in [6, 6.07) is 9.31. The minimum absolute atomic E-state index is 0.833. The monoisotopic (exact) mass is 208 g/mol. The van der Waals surface area contributed by atoms with Crippen molar-refractivity contribution in [3.05, 3.63) is 42.0 Å². The van der Waals surface area contributed by atoms with Gasteiger partial charge in [-0.3, -0.25) is 4.79 Å². The average molecular weight is 208 g/mol. The first-order chi connectivity index (χ1) is 7.02. The van der Waals surface area contributed by atoms with Gasteiger partial charge in [-0.25, -0.2) is 4.79 Å². The molecule has 1 aromatic carbocycles. The molecule has 15 heavy (non-hydrogen) atoms. The predicted molar refractivity (Wildman–Crippen MR) is 56.4 cm³/mol. The van der Waals surface area contributed by atoms with E-state index in [0.29, 0.717) is 0 Å². The van der Waals surface area contributed by atoms with E-state index in [-0.39, 0.29) is 0 Å². The van der Waals surface area contributed by atoms with Gasteiger partial charge in [-0.15, -0.1) is 0 Å². The molecule has 0 amide bonds. The minimum Gasteiger partial charge on any atom is -0.481 e. The predicted octanol–water partition coefficient (Wildman–Crippen LogP) is 1.88. The Labute approximate surface area is 87.5 Å². The van der Waals surface area contributed by atoms with Crippen LogP contribution in [0.5, 0.6) is 0 Å². The molecule has 0 radical (unpaired) electrons. The molecule has 0 aliphatic rings. The van der Waals surface area contributed by atoms with Crippen molar-refractivity contribution in [1.82, 2.24) is 0 Å². The van der Waals surface area contributed by atoms with Crippen molar-refractivity contribution in [2.24, 2.45) is 0 Å². The van der Waals surface area contributed by atoms with Crippen LogP contribution in [0, 0.1) is 0 Å². The van der Waals surface area contributed by atoms with E-state index in [4.69, 9.17) is 15.0 Å². The lowest BCUT2D eigenvalue weighted by molar-refractivity contribution is -0.134. The molecule has 0 heterocycles. The zero-order valence-electron chi connectivity index (χ0n) is 8.25. The Morgan fingerprint density at radius 1 is 1.13 bits per heavy atom. The van der Waals surface area contributed by atoms with E-state index in [0.717, 1.165) is 18.6 Å². The SMILES string of the molecule is CC(=O)O.O=C(O)C=Cc1ccccc1. The van der Waals surface area contributed by atoms with Gasteiger partial charge in [-0.1, -0.05) is 30.3 Å². The van der Waals surface area contributed by atoms with Gasteiger partial charge >= 0.3 is 5.97 Å². The van der Waals surface area contributed by atoms with Crippen LogP contribution >= 0.6 is 0 Å². The second kappa shape index (κ2) is 7.32. The Balaban J connectivity index is 0.000000423. The number of hydrogen-bond donors (Lipinski definition) is 2. The van der Waals surface area contributed by atoms with Crippen LogP contribution in [0.2, 0.25) is 0 Å². The Kier molecular flexibility index (Phi) is 6.29. The maximum Gasteiger partial charge on any atom is 0.328 e. The number of carboxylic acid groups (broad SMARTS) is 2. The average Bonchev–Trinajstić information content (AvgIpc) is 2.15. The van der Waals surface area contributed by atoms with Crippen LogP contribution in [0.15, 0.2) is 36.4 Å². The highest BCUT2D eigenvalue weighted by Gasteiger charge is 1.85. The third kappa shape index (κ3) is 9.82. The molecule has 1 aromatic rings. The van der Waals surface area contributed by atoms with Crippen LogP contribution in [0.25, 0.3) is 6.08 Å². The van der Waals surface area contributed by atoms with Gasteiger partial charge in [0.25, 0.3) is 5.97 Å². The number of hydrogen-bond acceptors (Lipinski definition) is 2. The summed E-state index contributed by atoms with van der Waals surface area (Å²) in [5, 5.41) is 15.7. The summed E-state index contributed by atoms with van der Waals surface area (Å²) in [4.78, 5) is 19.1. The largest absolute Gasteiger partial charge is 0.481 e. The van der Waals surface area contributed by atoms with Crippen LogP contribution in [-0.2, 0) is 9.59 Å². The van der Waals surface area contributed by atoms with Crippen LogP contribution in [0.3, 0.4) is 0 Å². The fourth-order valence-corrected chi connectivity index (χ4v) is 0.732. The van der Waals surface area contributed by atoms with Crippen LogP contribution in [0.4, 0.5) is 0 Å². The van der Waals surface area contributed by atoms with Crippen molar-refractivity contribution >= 4 is 18.0 Å². The molecular weight excluding hydrogens is 196 g/mol. The second-order valence-corrected chi connectivity index (χ2v) is 2.60. The van der Waals surface area contributed by atoms with Crippen molar-refractivity contribution < 1.29 is 19.8 Å². The van der Waals surface area contributed by atoms with E-state index in [9.17, 15) is 4.79 Å². The summed E-state index contributed by atoms with van der Waals surface area (Å²) in [5.41, 5.74) is 0.898. The van der Waals surface area contributed by atoms with Gasteiger partial charge in [0, 0.05) is 13.0 Å². The quantitative estimate of drug-likeness (QED) is 0.727. The molecule has 1 rings (SSSR count). The molecule has 4 heteroatoms. The standard InChI is InChI=1S/C9H8O2.C2H4O2/c10-9(11)7-6-8-4-2-1-3-5-8;1-2(3)4/h1-7H,(H,10,11);1H3,(H,3,4). The molecule has 0 aliphatic heterocycles. The van der Waals surface area contributed by atoms with E-state index in [2.05, 4.69) is 0 Å². The van der Waals surface area contributed by atoms with Crippen molar-refractivity contribution in [2.75, 3.05) is 0 Å². The summed E-state index contributed by atoms with van der Waals surface area (Å²) in [6.07, 6.45) is 2.68. The van der Waals surface area contributed by atoms with Crippen molar-refractivity contribution in [3.8, 4) is 0 Å². The van der Waals surface area contributed by atoms with E-state index in [1.165, 1.54) is 0 Å². The van der Waals surface area contributed by atoms with Gasteiger partial charge in [-0.05, 0) is 11.6 Å². The molecule has 2 N–H and O–H groups in total. The van der Waals surface area contributed by atoms with E-state index in [1.807, 2.05) is 30.3 Å². The lowest BCUT2D eigenvalue weighted by Gasteiger charge is -1.87. The second-order valence-electron chi connectivity index (χ2n) is 2.60. The van der Waals surface area contributed by atoms with Gasteiger partial charge in [0.15, 0.2) is 0 Å². The topological polar surface area (TPSA) is 74.6 Å². The fraction of sp³-hybridized carbons (Fsp3) is 0.0909. The van der Waals surface area contributed by atoms with Crippen molar-refractivity contribution in [1.29, 1.82) is 0 Å². The molecule has 0 unspecified atom stereocenters. The summed E-state index contributed by atoms with van der Waals surface area (Å²) in [7, 11) is 0. The summed E-state index contributed by atoms with van der Waals surface area (Å²) in [5.74, 6) is -1.76. The lowest BCUT2D eigenvalue weighted by Crippen LogP contribution is -1.85. The van der Waals surface area contributed by atoms with Gasteiger partial charge in [0.2, 0.25) is 0 Å². The Morgan fingerprint density at radius 3 is 2.00 bits per heavy atom. The molecule has 0 saturated heterocycles. The minimum atomic E-state index is -0.922. The van der Waals surface area contributed by atoms with Crippen LogP contribution in [0.1, 0.15) is 12.5 Å². The van der Waals surface area contributed by atoms with Gasteiger partial charge in [-0.2, -0.15) is 0 Å². The summed E-state index contributed by atoms with van der Waals surface area (Å²) >= 11 is 0. The molecule has 0 aromatic heterocycles. The molecule has 4 nitrogen and oxygen atoms in total. The molecule has 0 aliphatic carbocycles. The Morgan fingerprint density at radius 2 is 1.60 bits per heavy atom. The zero-order valence-corrected chi connectivity index (χ0v) is 8.25. The summed E-state index contributed by atoms with van der Waals surface area (Å²) < 4.78 is 0. The van der Waals surface area contributed by atoms with E-state index < -0.39 is 11.9 Å². The normalized spacial score (nSPS) is 9.13. The highest BCUT2D eigenvalue weighted by atomic mass is 16.4. The molecule has 0 saturated carbocycles. The highest BCUT2D eigenvalue weighted by Crippen LogP contribution is 1.99. The van der Waals surface area contributed by atoms with Gasteiger partial charge in [0.05, 0.1) is 0 Å². The zero-order chi connectivity index (χ0) is 11.7. The molecule has 0 fully saturated rings. The number of aliphatic carboxylic acids is 2. The molecular formula is C11H12O4.